The smallest absolute Gasteiger partial charge is 0.00362 e. The van der Waals surface area contributed by atoms with Crippen LogP contribution in [0, 0.1) is 13.8 Å². The Hall–Kier alpha value is -0.820. The summed E-state index contributed by atoms with van der Waals surface area (Å²) in [5, 5.41) is 3.51. The molecule has 0 bridgehead atoms. The standard InChI is InChI=1S/C14H23N/c1-5-13(4)15-9-8-14-7-6-11(2)12(3)10-14/h6-7,10,13,15H,5,8-9H2,1-4H3. The van der Waals surface area contributed by atoms with Gasteiger partial charge in [0.25, 0.3) is 0 Å². The number of aryl methyl sites for hydroxylation is 2. The molecule has 0 saturated heterocycles. The first-order valence-electron chi connectivity index (χ1n) is 5.93. The number of hydrogen-bond acceptors (Lipinski definition) is 1. The predicted molar refractivity (Wildman–Crippen MR) is 67.4 cm³/mol. The van der Waals surface area contributed by atoms with E-state index in [0.717, 1.165) is 13.0 Å². The van der Waals surface area contributed by atoms with Crippen LogP contribution >= 0.6 is 0 Å². The molecule has 1 nitrogen and oxygen atoms in total. The summed E-state index contributed by atoms with van der Waals surface area (Å²) < 4.78 is 0. The van der Waals surface area contributed by atoms with Gasteiger partial charge in [0.15, 0.2) is 0 Å². The summed E-state index contributed by atoms with van der Waals surface area (Å²) >= 11 is 0. The topological polar surface area (TPSA) is 12.0 Å². The normalized spacial score (nSPS) is 12.8. The van der Waals surface area contributed by atoms with Crippen LogP contribution in [0.25, 0.3) is 0 Å². The van der Waals surface area contributed by atoms with Gasteiger partial charge in [-0.05, 0) is 56.8 Å². The van der Waals surface area contributed by atoms with E-state index < -0.39 is 0 Å². The molecule has 0 amide bonds. The van der Waals surface area contributed by atoms with E-state index >= 15 is 0 Å². The summed E-state index contributed by atoms with van der Waals surface area (Å²) in [6.45, 7) is 9.88. The van der Waals surface area contributed by atoms with E-state index in [2.05, 4.69) is 51.2 Å². The maximum Gasteiger partial charge on any atom is 0.00362 e. The summed E-state index contributed by atoms with van der Waals surface area (Å²) in [5.41, 5.74) is 4.22. The van der Waals surface area contributed by atoms with Gasteiger partial charge in [-0.2, -0.15) is 0 Å². The van der Waals surface area contributed by atoms with Crippen molar-refractivity contribution in [2.45, 2.75) is 46.6 Å². The molecule has 0 aromatic heterocycles. The van der Waals surface area contributed by atoms with Crippen LogP contribution in [0.3, 0.4) is 0 Å². The van der Waals surface area contributed by atoms with Gasteiger partial charge in [0.05, 0.1) is 0 Å². The third-order valence-corrected chi connectivity index (χ3v) is 3.09. The minimum Gasteiger partial charge on any atom is -0.314 e. The molecule has 0 fully saturated rings. The molecule has 0 spiro atoms. The summed E-state index contributed by atoms with van der Waals surface area (Å²) in [6, 6.07) is 7.39. The van der Waals surface area contributed by atoms with Gasteiger partial charge >= 0.3 is 0 Å². The highest BCUT2D eigenvalue weighted by atomic mass is 14.9. The molecule has 1 aromatic rings. The van der Waals surface area contributed by atoms with E-state index in [1.54, 1.807) is 0 Å². The summed E-state index contributed by atoms with van der Waals surface area (Å²) in [4.78, 5) is 0. The fourth-order valence-corrected chi connectivity index (χ4v) is 1.57. The molecule has 1 unspecified atom stereocenters. The zero-order valence-corrected chi connectivity index (χ0v) is 10.4. The summed E-state index contributed by atoms with van der Waals surface area (Å²) in [7, 11) is 0. The first-order valence-corrected chi connectivity index (χ1v) is 5.93. The lowest BCUT2D eigenvalue weighted by Gasteiger charge is -2.11. The first kappa shape index (κ1) is 12.3. The fourth-order valence-electron chi connectivity index (χ4n) is 1.57. The minimum atomic E-state index is 0.636. The number of hydrogen-bond donors (Lipinski definition) is 1. The average molecular weight is 205 g/mol. The van der Waals surface area contributed by atoms with Crippen LogP contribution in [0.15, 0.2) is 18.2 Å². The molecule has 0 aliphatic carbocycles. The van der Waals surface area contributed by atoms with E-state index in [0.29, 0.717) is 6.04 Å². The van der Waals surface area contributed by atoms with Gasteiger partial charge in [-0.15, -0.1) is 0 Å². The van der Waals surface area contributed by atoms with Crippen molar-refractivity contribution in [2.24, 2.45) is 0 Å². The molecule has 1 N–H and O–H groups in total. The Morgan fingerprint density at radius 1 is 1.20 bits per heavy atom. The molecule has 0 aliphatic heterocycles. The molecular weight excluding hydrogens is 182 g/mol. The van der Waals surface area contributed by atoms with Crippen molar-refractivity contribution < 1.29 is 0 Å². The Morgan fingerprint density at radius 3 is 2.53 bits per heavy atom. The van der Waals surface area contributed by atoms with Crippen molar-refractivity contribution in [1.29, 1.82) is 0 Å². The fraction of sp³-hybridized carbons (Fsp3) is 0.571. The molecule has 0 aliphatic rings. The highest BCUT2D eigenvalue weighted by Crippen LogP contribution is 2.09. The van der Waals surface area contributed by atoms with Crippen LogP contribution in [0.2, 0.25) is 0 Å². The van der Waals surface area contributed by atoms with Crippen LogP contribution < -0.4 is 5.32 Å². The zero-order chi connectivity index (χ0) is 11.3. The number of benzene rings is 1. The van der Waals surface area contributed by atoms with Crippen molar-refractivity contribution >= 4 is 0 Å². The molecule has 0 radical (unpaired) electrons. The maximum absolute atomic E-state index is 3.51. The minimum absolute atomic E-state index is 0.636. The summed E-state index contributed by atoms with van der Waals surface area (Å²) in [5.74, 6) is 0. The van der Waals surface area contributed by atoms with E-state index in [4.69, 9.17) is 0 Å². The Kier molecular flexibility index (Phi) is 4.83. The highest BCUT2D eigenvalue weighted by Gasteiger charge is 1.99. The SMILES string of the molecule is CCC(C)NCCc1ccc(C)c(C)c1. The highest BCUT2D eigenvalue weighted by molar-refractivity contribution is 5.29. The lowest BCUT2D eigenvalue weighted by atomic mass is 10.0. The van der Waals surface area contributed by atoms with Crippen molar-refractivity contribution in [1.82, 2.24) is 5.32 Å². The van der Waals surface area contributed by atoms with Gasteiger partial charge < -0.3 is 5.32 Å². The van der Waals surface area contributed by atoms with Gasteiger partial charge in [-0.3, -0.25) is 0 Å². The summed E-state index contributed by atoms with van der Waals surface area (Å²) in [6.07, 6.45) is 2.33. The van der Waals surface area contributed by atoms with Gasteiger partial charge in [0, 0.05) is 6.04 Å². The lowest BCUT2D eigenvalue weighted by molar-refractivity contribution is 0.537. The zero-order valence-electron chi connectivity index (χ0n) is 10.4. The molecule has 1 rings (SSSR count). The van der Waals surface area contributed by atoms with Gasteiger partial charge in [-0.25, -0.2) is 0 Å². The Bertz CT molecular complexity index is 304. The van der Waals surface area contributed by atoms with Crippen LogP contribution in [0.1, 0.15) is 37.0 Å². The van der Waals surface area contributed by atoms with Gasteiger partial charge in [-0.1, -0.05) is 25.1 Å². The first-order chi connectivity index (χ1) is 7.13. The molecule has 1 heteroatoms. The quantitative estimate of drug-likeness (QED) is 0.778. The van der Waals surface area contributed by atoms with Crippen LogP contribution in [-0.2, 0) is 6.42 Å². The van der Waals surface area contributed by atoms with E-state index in [9.17, 15) is 0 Å². The number of rotatable bonds is 5. The van der Waals surface area contributed by atoms with Crippen molar-refractivity contribution in [3.05, 3.63) is 34.9 Å². The molecule has 15 heavy (non-hydrogen) atoms. The Balaban J connectivity index is 2.41. The molecule has 0 saturated carbocycles. The Labute approximate surface area is 93.9 Å². The van der Waals surface area contributed by atoms with Gasteiger partial charge in [0.1, 0.15) is 0 Å². The van der Waals surface area contributed by atoms with Gasteiger partial charge in [0.2, 0.25) is 0 Å². The van der Waals surface area contributed by atoms with Crippen LogP contribution in [0.4, 0.5) is 0 Å². The maximum atomic E-state index is 3.51. The monoisotopic (exact) mass is 205 g/mol. The van der Waals surface area contributed by atoms with E-state index in [1.165, 1.54) is 23.1 Å². The second-order valence-corrected chi connectivity index (χ2v) is 4.43. The average Bonchev–Trinajstić information content (AvgIpc) is 2.23. The molecular formula is C14H23N. The van der Waals surface area contributed by atoms with E-state index in [-0.39, 0.29) is 0 Å². The van der Waals surface area contributed by atoms with Crippen molar-refractivity contribution in [3.63, 3.8) is 0 Å². The predicted octanol–water partition coefficient (Wildman–Crippen LogP) is 3.23. The molecule has 1 atom stereocenters. The van der Waals surface area contributed by atoms with E-state index in [1.807, 2.05) is 0 Å². The van der Waals surface area contributed by atoms with Crippen molar-refractivity contribution in [2.75, 3.05) is 6.54 Å². The van der Waals surface area contributed by atoms with Crippen LogP contribution in [0.5, 0.6) is 0 Å². The second-order valence-electron chi connectivity index (χ2n) is 4.43. The Morgan fingerprint density at radius 2 is 1.93 bits per heavy atom. The molecule has 84 valence electrons. The third kappa shape index (κ3) is 4.05. The largest absolute Gasteiger partial charge is 0.314 e. The molecule has 1 aromatic carbocycles. The molecule has 0 heterocycles. The van der Waals surface area contributed by atoms with Crippen molar-refractivity contribution in [3.8, 4) is 0 Å². The lowest BCUT2D eigenvalue weighted by Crippen LogP contribution is -2.27. The number of nitrogens with one attached hydrogen (secondary N) is 1. The third-order valence-electron chi connectivity index (χ3n) is 3.09. The van der Waals surface area contributed by atoms with Crippen LogP contribution in [-0.4, -0.2) is 12.6 Å². The second kappa shape index (κ2) is 5.92.